The van der Waals surface area contributed by atoms with Crippen LogP contribution in [0.15, 0.2) is 24.3 Å². The number of rotatable bonds is 5. The van der Waals surface area contributed by atoms with Crippen LogP contribution in [0.1, 0.15) is 44.1 Å². The van der Waals surface area contributed by atoms with E-state index in [0.717, 1.165) is 37.0 Å². The molecule has 2 rings (SSSR count). The number of carbonyl (C=O) groups is 1. The molecular weight excluding hydrogens is 280 g/mol. The van der Waals surface area contributed by atoms with E-state index in [4.69, 9.17) is 4.74 Å². The fourth-order valence-corrected chi connectivity index (χ4v) is 2.80. The molecule has 0 heterocycles. The van der Waals surface area contributed by atoms with Crippen molar-refractivity contribution in [2.75, 3.05) is 13.7 Å². The SMILES string of the molecule is COc1ccc(CNC(=O)NCC2(O)CCCCCC2)cc1. The Morgan fingerprint density at radius 2 is 1.77 bits per heavy atom. The highest BCUT2D eigenvalue weighted by atomic mass is 16.5. The smallest absolute Gasteiger partial charge is 0.315 e. The van der Waals surface area contributed by atoms with Crippen molar-refractivity contribution >= 4 is 6.03 Å². The molecular formula is C17H26N2O3. The van der Waals surface area contributed by atoms with Gasteiger partial charge in [-0.15, -0.1) is 0 Å². The van der Waals surface area contributed by atoms with Crippen LogP contribution >= 0.6 is 0 Å². The lowest BCUT2D eigenvalue weighted by Crippen LogP contribution is -2.46. The van der Waals surface area contributed by atoms with Crippen LogP contribution in [0.2, 0.25) is 0 Å². The van der Waals surface area contributed by atoms with Crippen molar-refractivity contribution in [3.63, 3.8) is 0 Å². The number of benzene rings is 1. The van der Waals surface area contributed by atoms with Crippen molar-refractivity contribution in [3.05, 3.63) is 29.8 Å². The fraction of sp³-hybridized carbons (Fsp3) is 0.588. The minimum Gasteiger partial charge on any atom is -0.497 e. The van der Waals surface area contributed by atoms with Crippen LogP contribution in [-0.4, -0.2) is 30.4 Å². The van der Waals surface area contributed by atoms with Gasteiger partial charge in [0.1, 0.15) is 5.75 Å². The van der Waals surface area contributed by atoms with Gasteiger partial charge in [-0.3, -0.25) is 0 Å². The van der Waals surface area contributed by atoms with Crippen LogP contribution in [0.3, 0.4) is 0 Å². The fourth-order valence-electron chi connectivity index (χ4n) is 2.80. The second kappa shape index (κ2) is 8.03. The number of ether oxygens (including phenoxy) is 1. The van der Waals surface area contributed by atoms with E-state index in [1.165, 1.54) is 12.8 Å². The summed E-state index contributed by atoms with van der Waals surface area (Å²) < 4.78 is 5.09. The first-order chi connectivity index (χ1) is 10.6. The Morgan fingerprint density at radius 3 is 2.36 bits per heavy atom. The number of aliphatic hydroxyl groups is 1. The Morgan fingerprint density at radius 1 is 1.14 bits per heavy atom. The van der Waals surface area contributed by atoms with Crippen LogP contribution in [0.25, 0.3) is 0 Å². The number of urea groups is 1. The quantitative estimate of drug-likeness (QED) is 0.732. The summed E-state index contributed by atoms with van der Waals surface area (Å²) >= 11 is 0. The van der Waals surface area contributed by atoms with E-state index in [2.05, 4.69) is 10.6 Å². The van der Waals surface area contributed by atoms with E-state index >= 15 is 0 Å². The van der Waals surface area contributed by atoms with Crippen molar-refractivity contribution in [1.29, 1.82) is 0 Å². The third-order valence-corrected chi connectivity index (χ3v) is 4.22. The molecule has 1 aromatic carbocycles. The van der Waals surface area contributed by atoms with E-state index in [1.54, 1.807) is 7.11 Å². The van der Waals surface area contributed by atoms with Gasteiger partial charge in [0.05, 0.1) is 12.7 Å². The average molecular weight is 306 g/mol. The van der Waals surface area contributed by atoms with Crippen molar-refractivity contribution in [3.8, 4) is 5.75 Å². The summed E-state index contributed by atoms with van der Waals surface area (Å²) in [5, 5.41) is 16.1. The van der Waals surface area contributed by atoms with Crippen LogP contribution in [0, 0.1) is 0 Å². The summed E-state index contributed by atoms with van der Waals surface area (Å²) in [6.07, 6.45) is 5.95. The minimum atomic E-state index is -0.742. The molecule has 1 aliphatic rings. The van der Waals surface area contributed by atoms with Crippen molar-refractivity contribution in [2.45, 2.75) is 50.7 Å². The Kier molecular flexibility index (Phi) is 6.07. The number of methoxy groups -OCH3 is 1. The maximum atomic E-state index is 11.9. The molecule has 0 atom stereocenters. The molecule has 0 aliphatic heterocycles. The zero-order valence-corrected chi connectivity index (χ0v) is 13.2. The molecule has 0 aromatic heterocycles. The second-order valence-electron chi connectivity index (χ2n) is 6.02. The number of hydrogen-bond acceptors (Lipinski definition) is 3. The van der Waals surface area contributed by atoms with Crippen LogP contribution in [-0.2, 0) is 6.54 Å². The van der Waals surface area contributed by atoms with Crippen molar-refractivity contribution < 1.29 is 14.6 Å². The topological polar surface area (TPSA) is 70.6 Å². The summed E-state index contributed by atoms with van der Waals surface area (Å²) in [5.74, 6) is 0.795. The molecule has 1 saturated carbocycles. The largest absolute Gasteiger partial charge is 0.497 e. The lowest BCUT2D eigenvalue weighted by atomic mass is 9.95. The predicted molar refractivity (Wildman–Crippen MR) is 85.9 cm³/mol. The van der Waals surface area contributed by atoms with Gasteiger partial charge in [-0.2, -0.15) is 0 Å². The molecule has 122 valence electrons. The molecule has 0 saturated heterocycles. The summed E-state index contributed by atoms with van der Waals surface area (Å²) in [6.45, 7) is 0.774. The minimum absolute atomic E-state index is 0.242. The molecule has 1 aromatic rings. The Labute approximate surface area is 132 Å². The zero-order valence-electron chi connectivity index (χ0n) is 13.2. The molecule has 2 amide bonds. The van der Waals surface area contributed by atoms with Gasteiger partial charge in [0.2, 0.25) is 0 Å². The summed E-state index contributed by atoms with van der Waals surface area (Å²) in [4.78, 5) is 11.9. The molecule has 1 aliphatic carbocycles. The van der Waals surface area contributed by atoms with Gasteiger partial charge in [0.25, 0.3) is 0 Å². The molecule has 1 fully saturated rings. The van der Waals surface area contributed by atoms with Crippen LogP contribution in [0.5, 0.6) is 5.75 Å². The Hall–Kier alpha value is -1.75. The lowest BCUT2D eigenvalue weighted by Gasteiger charge is -2.26. The highest BCUT2D eigenvalue weighted by Crippen LogP contribution is 2.26. The first-order valence-electron chi connectivity index (χ1n) is 7.98. The molecule has 3 N–H and O–H groups in total. The number of amides is 2. The van der Waals surface area contributed by atoms with E-state index in [1.807, 2.05) is 24.3 Å². The lowest BCUT2D eigenvalue weighted by molar-refractivity contribution is 0.0277. The Bertz CT molecular complexity index is 465. The van der Waals surface area contributed by atoms with Gasteiger partial charge in [-0.05, 0) is 30.5 Å². The molecule has 0 spiro atoms. The highest BCUT2D eigenvalue weighted by Gasteiger charge is 2.28. The number of hydrogen-bond donors (Lipinski definition) is 3. The second-order valence-corrected chi connectivity index (χ2v) is 6.02. The average Bonchev–Trinajstić information content (AvgIpc) is 2.76. The van der Waals surface area contributed by atoms with Crippen LogP contribution < -0.4 is 15.4 Å². The van der Waals surface area contributed by atoms with Crippen molar-refractivity contribution in [2.24, 2.45) is 0 Å². The normalized spacial score (nSPS) is 17.4. The van der Waals surface area contributed by atoms with Gasteiger partial charge in [0, 0.05) is 13.1 Å². The Balaban J connectivity index is 1.72. The molecule has 5 nitrogen and oxygen atoms in total. The van der Waals surface area contributed by atoms with E-state index in [0.29, 0.717) is 13.1 Å². The number of carbonyl (C=O) groups excluding carboxylic acids is 1. The van der Waals surface area contributed by atoms with Gasteiger partial charge < -0.3 is 20.5 Å². The van der Waals surface area contributed by atoms with Crippen molar-refractivity contribution in [1.82, 2.24) is 10.6 Å². The molecule has 5 heteroatoms. The highest BCUT2D eigenvalue weighted by molar-refractivity contribution is 5.73. The zero-order chi connectivity index (χ0) is 15.8. The summed E-state index contributed by atoms with van der Waals surface area (Å²) in [5.41, 5.74) is 0.262. The number of nitrogens with one attached hydrogen (secondary N) is 2. The molecule has 0 radical (unpaired) electrons. The molecule has 0 unspecified atom stereocenters. The van der Waals surface area contributed by atoms with Gasteiger partial charge in [0.15, 0.2) is 0 Å². The third-order valence-electron chi connectivity index (χ3n) is 4.22. The van der Waals surface area contributed by atoms with Gasteiger partial charge >= 0.3 is 6.03 Å². The van der Waals surface area contributed by atoms with E-state index < -0.39 is 5.60 Å². The molecule has 22 heavy (non-hydrogen) atoms. The maximum Gasteiger partial charge on any atom is 0.315 e. The monoisotopic (exact) mass is 306 g/mol. The molecule has 0 bridgehead atoms. The van der Waals surface area contributed by atoms with E-state index in [9.17, 15) is 9.90 Å². The first-order valence-corrected chi connectivity index (χ1v) is 7.98. The first kappa shape index (κ1) is 16.6. The maximum absolute atomic E-state index is 11.9. The standard InChI is InChI=1S/C17H26N2O3/c1-22-15-8-6-14(7-9-15)12-18-16(20)19-13-17(21)10-4-2-3-5-11-17/h6-9,21H,2-5,10-13H2,1H3,(H2,18,19,20). The predicted octanol–water partition coefficient (Wildman–Crippen LogP) is 2.58. The summed E-state index contributed by atoms with van der Waals surface area (Å²) in [7, 11) is 1.62. The van der Waals surface area contributed by atoms with E-state index in [-0.39, 0.29) is 6.03 Å². The van der Waals surface area contributed by atoms with Gasteiger partial charge in [-0.1, -0.05) is 37.8 Å². The van der Waals surface area contributed by atoms with Crippen LogP contribution in [0.4, 0.5) is 4.79 Å². The third kappa shape index (κ3) is 5.22. The van der Waals surface area contributed by atoms with Gasteiger partial charge in [-0.25, -0.2) is 4.79 Å². The summed E-state index contributed by atoms with van der Waals surface area (Å²) in [6, 6.07) is 7.32.